The van der Waals surface area contributed by atoms with E-state index >= 15 is 0 Å². The molecule has 7 N–H and O–H groups in total. The van der Waals surface area contributed by atoms with Crippen LogP contribution in [0.5, 0.6) is 0 Å². The molecule has 1 amide bonds. The second-order valence-electron chi connectivity index (χ2n) is 12.7. The van der Waals surface area contributed by atoms with Crippen LogP contribution in [0.3, 0.4) is 0 Å². The standard InChI is InChI=1S/C30H52Br3N5O11/c1-27(2,31)23(41)47-17-30(18-48-24(42)28(3,4)32,19-49-25(43)29(5,6)33)16-46-15-22(40)37-9-11-45-13-12-44-10-7-8-21(39)20(34)14-38-26(35)36/h20H,7-19,34H2,1-6H3,(H,37,40)(H4,35,36,38). The van der Waals surface area contributed by atoms with Crippen LogP contribution in [0.2, 0.25) is 0 Å². The summed E-state index contributed by atoms with van der Waals surface area (Å²) in [4.78, 5) is 65.9. The molecule has 284 valence electrons. The number of nitrogens with zero attached hydrogens (tertiary/aromatic N) is 1. The Labute approximate surface area is 313 Å². The van der Waals surface area contributed by atoms with Crippen LogP contribution in [0.1, 0.15) is 54.4 Å². The SMILES string of the molecule is CC(C)(Br)C(=O)OCC(COCC(=O)NCCOCCOCCCC(=O)C(N)CN=C(N)N)(COC(=O)C(C)(C)Br)COC(=O)C(C)(C)Br. The van der Waals surface area contributed by atoms with Crippen LogP contribution in [-0.2, 0) is 52.4 Å². The highest BCUT2D eigenvalue weighted by molar-refractivity contribution is 9.10. The van der Waals surface area contributed by atoms with Gasteiger partial charge in [0.1, 0.15) is 39.4 Å². The van der Waals surface area contributed by atoms with Gasteiger partial charge in [0.2, 0.25) is 5.91 Å². The van der Waals surface area contributed by atoms with Crippen LogP contribution in [-0.4, -0.2) is 127 Å². The normalized spacial score (nSPS) is 12.9. The molecule has 0 saturated carbocycles. The number of halogens is 3. The van der Waals surface area contributed by atoms with Gasteiger partial charge < -0.3 is 50.9 Å². The Morgan fingerprint density at radius 2 is 1.14 bits per heavy atom. The van der Waals surface area contributed by atoms with E-state index in [2.05, 4.69) is 58.1 Å². The maximum atomic E-state index is 12.6. The number of hydrogen-bond acceptors (Lipinski definition) is 13. The Morgan fingerprint density at radius 3 is 1.57 bits per heavy atom. The molecule has 0 rings (SSSR count). The molecule has 1 unspecified atom stereocenters. The maximum Gasteiger partial charge on any atom is 0.322 e. The number of nitrogens with one attached hydrogen (secondary N) is 1. The van der Waals surface area contributed by atoms with Gasteiger partial charge in [-0.1, -0.05) is 47.8 Å². The number of ether oxygens (including phenoxy) is 6. The summed E-state index contributed by atoms with van der Waals surface area (Å²) in [6.45, 7) is 9.16. The molecule has 19 heteroatoms. The molecule has 0 bridgehead atoms. The van der Waals surface area contributed by atoms with Crippen LogP contribution in [0.25, 0.3) is 0 Å². The number of aliphatic imine (C=N–C) groups is 1. The zero-order valence-corrected chi connectivity index (χ0v) is 33.8. The summed E-state index contributed by atoms with van der Waals surface area (Å²) < 4.78 is 30.0. The van der Waals surface area contributed by atoms with Gasteiger partial charge in [-0.3, -0.25) is 29.0 Å². The summed E-state index contributed by atoms with van der Waals surface area (Å²) in [6.07, 6.45) is 0.717. The van der Waals surface area contributed by atoms with E-state index in [9.17, 15) is 24.0 Å². The molecular formula is C30H52Br3N5O11. The fraction of sp³-hybridized carbons (Fsp3) is 0.800. The van der Waals surface area contributed by atoms with Crippen molar-refractivity contribution < 1.29 is 52.4 Å². The number of Topliss-reactive ketones (excluding diaryl/α,β-unsaturated/α-hetero) is 1. The molecule has 1 atom stereocenters. The van der Waals surface area contributed by atoms with Crippen LogP contribution in [0, 0.1) is 5.41 Å². The maximum absolute atomic E-state index is 12.6. The highest BCUT2D eigenvalue weighted by Crippen LogP contribution is 2.27. The molecule has 0 radical (unpaired) electrons. The largest absolute Gasteiger partial charge is 0.464 e. The monoisotopic (exact) mass is 895 g/mol. The lowest BCUT2D eigenvalue weighted by molar-refractivity contribution is -0.170. The number of rotatable bonds is 26. The molecule has 0 aromatic heterocycles. The molecule has 0 saturated heterocycles. The van der Waals surface area contributed by atoms with Crippen molar-refractivity contribution >= 4 is 83.3 Å². The predicted octanol–water partition coefficient (Wildman–Crippen LogP) is 1.24. The van der Waals surface area contributed by atoms with Crippen molar-refractivity contribution in [2.45, 2.75) is 73.4 Å². The molecule has 16 nitrogen and oxygen atoms in total. The van der Waals surface area contributed by atoms with E-state index in [0.717, 1.165) is 0 Å². The van der Waals surface area contributed by atoms with Gasteiger partial charge in [-0.2, -0.15) is 0 Å². The van der Waals surface area contributed by atoms with E-state index in [-0.39, 0.29) is 77.5 Å². The molecule has 0 aliphatic heterocycles. The van der Waals surface area contributed by atoms with Gasteiger partial charge in [-0.25, -0.2) is 0 Å². The minimum Gasteiger partial charge on any atom is -0.464 e. The summed E-state index contributed by atoms with van der Waals surface area (Å²) in [7, 11) is 0. The zero-order valence-electron chi connectivity index (χ0n) is 29.1. The van der Waals surface area contributed by atoms with E-state index in [0.29, 0.717) is 13.0 Å². The van der Waals surface area contributed by atoms with Crippen molar-refractivity contribution in [3.63, 3.8) is 0 Å². The minimum atomic E-state index is -1.36. The Balaban J connectivity index is 4.92. The summed E-state index contributed by atoms with van der Waals surface area (Å²) >= 11 is 9.74. The quantitative estimate of drug-likeness (QED) is 0.0239. The lowest BCUT2D eigenvalue weighted by atomic mass is 9.92. The van der Waals surface area contributed by atoms with Crippen molar-refractivity contribution in [3.8, 4) is 0 Å². The molecular weight excluding hydrogens is 846 g/mol. The van der Waals surface area contributed by atoms with Crippen LogP contribution in [0.4, 0.5) is 0 Å². The first kappa shape index (κ1) is 47.1. The highest BCUT2D eigenvalue weighted by Gasteiger charge is 2.41. The third-order valence-electron chi connectivity index (χ3n) is 6.16. The van der Waals surface area contributed by atoms with Crippen LogP contribution in [0.15, 0.2) is 4.99 Å². The van der Waals surface area contributed by atoms with Crippen molar-refractivity contribution in [2.75, 3.05) is 72.6 Å². The van der Waals surface area contributed by atoms with E-state index in [4.69, 9.17) is 45.6 Å². The van der Waals surface area contributed by atoms with E-state index in [1.165, 1.54) is 0 Å². The van der Waals surface area contributed by atoms with Crippen molar-refractivity contribution in [1.82, 2.24) is 5.32 Å². The Morgan fingerprint density at radius 1 is 0.694 bits per heavy atom. The number of carbonyl (C=O) groups is 5. The van der Waals surface area contributed by atoms with Gasteiger partial charge >= 0.3 is 17.9 Å². The summed E-state index contributed by atoms with van der Waals surface area (Å²) in [5, 5.41) is 2.65. The van der Waals surface area contributed by atoms with E-state index < -0.39 is 54.9 Å². The highest BCUT2D eigenvalue weighted by atomic mass is 79.9. The van der Waals surface area contributed by atoms with Crippen LogP contribution >= 0.6 is 47.8 Å². The first-order chi connectivity index (χ1) is 22.5. The molecule has 0 aromatic carbocycles. The smallest absolute Gasteiger partial charge is 0.322 e. The van der Waals surface area contributed by atoms with Crippen molar-refractivity contribution in [1.29, 1.82) is 0 Å². The third kappa shape index (κ3) is 22.5. The Kier molecular flexibility index (Phi) is 21.9. The average Bonchev–Trinajstić information content (AvgIpc) is 2.98. The number of amides is 1. The molecule has 0 heterocycles. The number of hydrogen-bond donors (Lipinski definition) is 4. The lowest BCUT2D eigenvalue weighted by Gasteiger charge is -2.34. The predicted molar refractivity (Wildman–Crippen MR) is 193 cm³/mol. The fourth-order valence-corrected chi connectivity index (χ4v) is 3.60. The molecule has 0 aliphatic carbocycles. The van der Waals surface area contributed by atoms with Gasteiger partial charge in [0.25, 0.3) is 0 Å². The zero-order chi connectivity index (χ0) is 37.9. The average molecular weight is 898 g/mol. The number of nitrogens with two attached hydrogens (primary N) is 3. The third-order valence-corrected chi connectivity index (χ3v) is 7.13. The summed E-state index contributed by atoms with van der Waals surface area (Å²) in [5.74, 6) is -2.60. The van der Waals surface area contributed by atoms with Crippen molar-refractivity contribution in [3.05, 3.63) is 0 Å². The number of ketones is 1. The van der Waals surface area contributed by atoms with Gasteiger partial charge in [-0.15, -0.1) is 0 Å². The summed E-state index contributed by atoms with van der Waals surface area (Å²) in [6, 6.07) is -0.766. The van der Waals surface area contributed by atoms with Crippen molar-refractivity contribution in [2.24, 2.45) is 27.6 Å². The van der Waals surface area contributed by atoms with E-state index in [1.807, 2.05) is 0 Å². The molecule has 0 aliphatic rings. The van der Waals surface area contributed by atoms with Gasteiger partial charge in [0.05, 0.1) is 44.4 Å². The van der Waals surface area contributed by atoms with Gasteiger partial charge in [-0.05, 0) is 48.0 Å². The first-order valence-corrected chi connectivity index (χ1v) is 17.8. The topological polar surface area (TPSA) is 243 Å². The van der Waals surface area contributed by atoms with Gasteiger partial charge in [0, 0.05) is 19.6 Å². The second kappa shape index (κ2) is 22.8. The Bertz CT molecular complexity index is 1030. The number of alkyl halides is 3. The fourth-order valence-electron chi connectivity index (χ4n) is 3.26. The first-order valence-electron chi connectivity index (χ1n) is 15.4. The second-order valence-corrected chi connectivity index (χ2v) is 18.6. The number of carbonyl (C=O) groups excluding carboxylic acids is 5. The number of esters is 3. The number of guanidine groups is 1. The summed E-state index contributed by atoms with van der Waals surface area (Å²) in [5.41, 5.74) is 14.8. The Hall–Kier alpha value is -1.90. The molecule has 0 aromatic rings. The molecule has 49 heavy (non-hydrogen) atoms. The molecule has 0 fully saturated rings. The molecule has 0 spiro atoms. The van der Waals surface area contributed by atoms with Crippen LogP contribution < -0.4 is 22.5 Å². The lowest BCUT2D eigenvalue weighted by Crippen LogP contribution is -2.47. The minimum absolute atomic E-state index is 0.0351. The van der Waals surface area contributed by atoms with E-state index in [1.54, 1.807) is 41.5 Å². The van der Waals surface area contributed by atoms with Gasteiger partial charge in [0.15, 0.2) is 11.7 Å².